The number of nitrogens with zero attached hydrogens (tertiary/aromatic N) is 1. The normalized spacial score (nSPS) is 18.9. The maximum atomic E-state index is 12.1. The lowest BCUT2D eigenvalue weighted by Crippen LogP contribution is -2.38. The molecular formula is C14H21N3OS. The highest BCUT2D eigenvalue weighted by molar-refractivity contribution is 7.99. The van der Waals surface area contributed by atoms with Crippen molar-refractivity contribution < 1.29 is 4.79 Å². The SMILES string of the molecule is CCCNc1ccnc(C(=O)NC2CCCSC2)c1. The van der Waals surface area contributed by atoms with E-state index >= 15 is 0 Å². The van der Waals surface area contributed by atoms with Crippen molar-refractivity contribution in [2.45, 2.75) is 32.2 Å². The Hall–Kier alpha value is -1.23. The molecule has 0 saturated carbocycles. The first kappa shape index (κ1) is 14.2. The van der Waals surface area contributed by atoms with Crippen LogP contribution in [0.2, 0.25) is 0 Å². The molecule has 4 nitrogen and oxygen atoms in total. The van der Waals surface area contributed by atoms with E-state index in [4.69, 9.17) is 0 Å². The van der Waals surface area contributed by atoms with Gasteiger partial charge in [-0.1, -0.05) is 6.92 Å². The van der Waals surface area contributed by atoms with E-state index in [1.54, 1.807) is 6.20 Å². The molecule has 1 aliphatic rings. The van der Waals surface area contributed by atoms with Gasteiger partial charge in [-0.25, -0.2) is 0 Å². The average molecular weight is 279 g/mol. The summed E-state index contributed by atoms with van der Waals surface area (Å²) in [5, 5.41) is 6.34. The Kier molecular flexibility index (Phi) is 5.51. The van der Waals surface area contributed by atoms with Gasteiger partial charge in [0.2, 0.25) is 0 Å². The van der Waals surface area contributed by atoms with Crippen molar-refractivity contribution in [3.63, 3.8) is 0 Å². The van der Waals surface area contributed by atoms with Gasteiger partial charge in [0, 0.05) is 30.2 Å². The largest absolute Gasteiger partial charge is 0.385 e. The lowest BCUT2D eigenvalue weighted by molar-refractivity contribution is 0.0933. The van der Waals surface area contributed by atoms with Crippen molar-refractivity contribution >= 4 is 23.4 Å². The van der Waals surface area contributed by atoms with Crippen LogP contribution in [0.1, 0.15) is 36.7 Å². The Morgan fingerprint density at radius 3 is 3.21 bits per heavy atom. The molecule has 1 unspecified atom stereocenters. The summed E-state index contributed by atoms with van der Waals surface area (Å²) in [5.74, 6) is 2.16. The molecule has 1 fully saturated rings. The maximum Gasteiger partial charge on any atom is 0.270 e. The van der Waals surface area contributed by atoms with Gasteiger partial charge >= 0.3 is 0 Å². The first-order valence-corrected chi connectivity index (χ1v) is 8.03. The van der Waals surface area contributed by atoms with E-state index in [-0.39, 0.29) is 5.91 Å². The second kappa shape index (κ2) is 7.38. The predicted molar refractivity (Wildman–Crippen MR) is 80.8 cm³/mol. The van der Waals surface area contributed by atoms with Crippen molar-refractivity contribution in [3.05, 3.63) is 24.0 Å². The molecule has 5 heteroatoms. The minimum Gasteiger partial charge on any atom is -0.385 e. The highest BCUT2D eigenvalue weighted by atomic mass is 32.2. The topological polar surface area (TPSA) is 54.0 Å². The van der Waals surface area contributed by atoms with E-state index in [0.29, 0.717) is 11.7 Å². The molecule has 104 valence electrons. The minimum absolute atomic E-state index is 0.0624. The molecule has 2 heterocycles. The van der Waals surface area contributed by atoms with Gasteiger partial charge in [0.25, 0.3) is 5.91 Å². The monoisotopic (exact) mass is 279 g/mol. The van der Waals surface area contributed by atoms with Crippen LogP contribution in [0.4, 0.5) is 5.69 Å². The molecule has 1 aromatic heterocycles. The van der Waals surface area contributed by atoms with E-state index < -0.39 is 0 Å². The minimum atomic E-state index is -0.0624. The molecule has 0 spiro atoms. The summed E-state index contributed by atoms with van der Waals surface area (Å²) in [6.45, 7) is 3.02. The van der Waals surface area contributed by atoms with Gasteiger partial charge < -0.3 is 10.6 Å². The zero-order valence-corrected chi connectivity index (χ0v) is 12.1. The highest BCUT2D eigenvalue weighted by Crippen LogP contribution is 2.17. The third-order valence-electron chi connectivity index (χ3n) is 3.07. The highest BCUT2D eigenvalue weighted by Gasteiger charge is 2.17. The van der Waals surface area contributed by atoms with Gasteiger partial charge in [-0.2, -0.15) is 11.8 Å². The number of carbonyl (C=O) groups is 1. The van der Waals surface area contributed by atoms with E-state index in [9.17, 15) is 4.79 Å². The van der Waals surface area contributed by atoms with E-state index in [1.807, 2.05) is 23.9 Å². The summed E-state index contributed by atoms with van der Waals surface area (Å²) >= 11 is 1.91. The van der Waals surface area contributed by atoms with Crippen LogP contribution in [0.25, 0.3) is 0 Å². The zero-order chi connectivity index (χ0) is 13.5. The van der Waals surface area contributed by atoms with Crippen LogP contribution < -0.4 is 10.6 Å². The zero-order valence-electron chi connectivity index (χ0n) is 11.3. The number of anilines is 1. The van der Waals surface area contributed by atoms with Crippen LogP contribution in [-0.4, -0.2) is 35.0 Å². The number of amides is 1. The first-order chi connectivity index (χ1) is 9.29. The summed E-state index contributed by atoms with van der Waals surface area (Å²) in [5.41, 5.74) is 1.46. The summed E-state index contributed by atoms with van der Waals surface area (Å²) in [4.78, 5) is 16.3. The van der Waals surface area contributed by atoms with Gasteiger partial charge in [0.05, 0.1) is 0 Å². The Bertz CT molecular complexity index is 419. The fourth-order valence-corrected chi connectivity index (χ4v) is 3.12. The van der Waals surface area contributed by atoms with Crippen LogP contribution in [0.5, 0.6) is 0 Å². The number of thioether (sulfide) groups is 1. The van der Waals surface area contributed by atoms with Gasteiger partial charge in [-0.15, -0.1) is 0 Å². The second-order valence-electron chi connectivity index (χ2n) is 4.74. The van der Waals surface area contributed by atoms with Crippen LogP contribution in [0, 0.1) is 0 Å². The number of hydrogen-bond donors (Lipinski definition) is 2. The quantitative estimate of drug-likeness (QED) is 0.869. The number of aromatic nitrogens is 1. The van der Waals surface area contributed by atoms with Gasteiger partial charge in [-0.3, -0.25) is 9.78 Å². The second-order valence-corrected chi connectivity index (χ2v) is 5.89. The summed E-state index contributed by atoms with van der Waals surface area (Å²) in [7, 11) is 0. The maximum absolute atomic E-state index is 12.1. The van der Waals surface area contributed by atoms with Gasteiger partial charge in [0.1, 0.15) is 5.69 Å². The summed E-state index contributed by atoms with van der Waals surface area (Å²) in [6, 6.07) is 4.00. The molecule has 0 aromatic carbocycles. The van der Waals surface area contributed by atoms with Gasteiger partial charge in [0.15, 0.2) is 0 Å². The van der Waals surface area contributed by atoms with Crippen LogP contribution >= 0.6 is 11.8 Å². The standard InChI is InChI=1S/C14H21N3OS/c1-2-6-15-11-5-7-16-13(9-11)14(18)17-12-4-3-8-19-10-12/h5,7,9,12H,2-4,6,8,10H2,1H3,(H,15,16)(H,17,18). The fraction of sp³-hybridized carbons (Fsp3) is 0.571. The number of hydrogen-bond acceptors (Lipinski definition) is 4. The molecule has 1 atom stereocenters. The number of nitrogens with one attached hydrogen (secondary N) is 2. The van der Waals surface area contributed by atoms with E-state index in [2.05, 4.69) is 22.5 Å². The van der Waals surface area contributed by atoms with Crippen molar-refractivity contribution in [2.24, 2.45) is 0 Å². The van der Waals surface area contributed by atoms with Crippen molar-refractivity contribution in [3.8, 4) is 0 Å². The van der Waals surface area contributed by atoms with E-state index in [1.165, 1.54) is 12.2 Å². The first-order valence-electron chi connectivity index (χ1n) is 6.88. The molecule has 2 rings (SSSR count). The number of rotatable bonds is 5. The molecule has 1 aromatic rings. The fourth-order valence-electron chi connectivity index (χ4n) is 2.05. The van der Waals surface area contributed by atoms with Crippen LogP contribution in [0.15, 0.2) is 18.3 Å². The predicted octanol–water partition coefficient (Wildman–Crippen LogP) is 2.53. The van der Waals surface area contributed by atoms with Gasteiger partial charge in [-0.05, 0) is 37.1 Å². The third kappa shape index (κ3) is 4.42. The molecule has 0 bridgehead atoms. The summed E-state index contributed by atoms with van der Waals surface area (Å²) in [6.07, 6.45) is 5.00. The molecule has 1 saturated heterocycles. The molecule has 1 aliphatic heterocycles. The van der Waals surface area contributed by atoms with Crippen LogP contribution in [0.3, 0.4) is 0 Å². The number of pyridine rings is 1. The smallest absolute Gasteiger partial charge is 0.270 e. The Balaban J connectivity index is 1.93. The molecule has 19 heavy (non-hydrogen) atoms. The Labute approximate surface area is 118 Å². The Morgan fingerprint density at radius 1 is 1.58 bits per heavy atom. The molecule has 2 N–H and O–H groups in total. The number of carbonyl (C=O) groups excluding carboxylic acids is 1. The Morgan fingerprint density at radius 2 is 2.47 bits per heavy atom. The lowest BCUT2D eigenvalue weighted by Gasteiger charge is -2.22. The molecule has 0 aliphatic carbocycles. The summed E-state index contributed by atoms with van der Waals surface area (Å²) < 4.78 is 0. The molecule has 1 amide bonds. The third-order valence-corrected chi connectivity index (χ3v) is 4.28. The average Bonchev–Trinajstić information content (AvgIpc) is 2.46. The van der Waals surface area contributed by atoms with Crippen molar-refractivity contribution in [2.75, 3.05) is 23.4 Å². The van der Waals surface area contributed by atoms with Crippen molar-refractivity contribution in [1.82, 2.24) is 10.3 Å². The molecule has 0 radical (unpaired) electrons. The van der Waals surface area contributed by atoms with Crippen LogP contribution in [-0.2, 0) is 0 Å². The lowest BCUT2D eigenvalue weighted by atomic mass is 10.2. The van der Waals surface area contributed by atoms with Crippen molar-refractivity contribution in [1.29, 1.82) is 0 Å². The molecular weight excluding hydrogens is 258 g/mol. The van der Waals surface area contributed by atoms with E-state index in [0.717, 1.165) is 30.8 Å².